The first kappa shape index (κ1) is 13.0. The van der Waals surface area contributed by atoms with Crippen LogP contribution in [0, 0.1) is 0 Å². The normalized spacial score (nSPS) is 13.4. The molecule has 1 atom stereocenters. The van der Waals surface area contributed by atoms with Crippen LogP contribution in [-0.4, -0.2) is 32.1 Å². The van der Waals surface area contributed by atoms with Gasteiger partial charge < -0.3 is 9.84 Å². The molecule has 1 rings (SSSR count). The Morgan fingerprint density at radius 3 is 2.31 bits per heavy atom. The second-order valence-electron chi connectivity index (χ2n) is 3.49. The summed E-state index contributed by atoms with van der Waals surface area (Å²) >= 11 is 0. The molecule has 5 heteroatoms. The van der Waals surface area contributed by atoms with Crippen LogP contribution in [0.4, 0.5) is 0 Å². The first-order chi connectivity index (χ1) is 7.48. The average molecular weight is 244 g/mol. The van der Waals surface area contributed by atoms with Crippen LogP contribution in [0.25, 0.3) is 0 Å². The van der Waals surface area contributed by atoms with Crippen LogP contribution in [0.1, 0.15) is 18.6 Å². The van der Waals surface area contributed by atoms with E-state index in [1.165, 1.54) is 0 Å². The molecule has 0 radical (unpaired) electrons. The Kier molecular flexibility index (Phi) is 4.32. The number of rotatable bonds is 5. The van der Waals surface area contributed by atoms with E-state index in [0.29, 0.717) is 11.3 Å². The summed E-state index contributed by atoms with van der Waals surface area (Å²) in [6, 6.07) is 6.71. The highest BCUT2D eigenvalue weighted by Crippen LogP contribution is 2.18. The second kappa shape index (κ2) is 5.32. The molecule has 0 bridgehead atoms. The number of benzene rings is 1. The summed E-state index contributed by atoms with van der Waals surface area (Å²) in [5, 5.41) is 9.73. The lowest BCUT2D eigenvalue weighted by Crippen LogP contribution is -2.16. The smallest absolute Gasteiger partial charge is 0.152 e. The van der Waals surface area contributed by atoms with E-state index in [4.69, 9.17) is 4.74 Å². The van der Waals surface area contributed by atoms with Gasteiger partial charge in [-0.25, -0.2) is 8.42 Å². The van der Waals surface area contributed by atoms with Gasteiger partial charge in [0.2, 0.25) is 0 Å². The molecule has 0 aliphatic rings. The zero-order chi connectivity index (χ0) is 12.2. The highest BCUT2D eigenvalue weighted by molar-refractivity contribution is 7.91. The van der Waals surface area contributed by atoms with Gasteiger partial charge in [-0.05, 0) is 17.7 Å². The summed E-state index contributed by atoms with van der Waals surface area (Å²) in [6.07, 6.45) is -0.976. The Labute approximate surface area is 95.8 Å². The molecule has 4 nitrogen and oxygen atoms in total. The fourth-order valence-corrected chi connectivity index (χ4v) is 2.19. The van der Waals surface area contributed by atoms with E-state index in [2.05, 4.69) is 0 Å². The third-order valence-corrected chi connectivity index (χ3v) is 4.06. The lowest BCUT2D eigenvalue weighted by atomic mass is 10.1. The molecule has 1 N–H and O–H groups in total. The van der Waals surface area contributed by atoms with Gasteiger partial charge in [0.15, 0.2) is 9.84 Å². The van der Waals surface area contributed by atoms with Crippen molar-refractivity contribution >= 4 is 9.84 Å². The van der Waals surface area contributed by atoms with Crippen molar-refractivity contribution in [2.75, 3.05) is 18.6 Å². The highest BCUT2D eigenvalue weighted by atomic mass is 32.2. The Morgan fingerprint density at radius 1 is 1.31 bits per heavy atom. The number of hydrogen-bond acceptors (Lipinski definition) is 4. The number of methoxy groups -OCH3 is 1. The molecule has 0 aliphatic heterocycles. The third kappa shape index (κ3) is 3.50. The van der Waals surface area contributed by atoms with Gasteiger partial charge in [-0.15, -0.1) is 0 Å². The fraction of sp³-hybridized carbons (Fsp3) is 0.455. The van der Waals surface area contributed by atoms with Gasteiger partial charge in [-0.1, -0.05) is 19.1 Å². The van der Waals surface area contributed by atoms with Crippen LogP contribution >= 0.6 is 0 Å². The molecule has 0 fully saturated rings. The van der Waals surface area contributed by atoms with Crippen LogP contribution < -0.4 is 4.74 Å². The Bertz CT molecular complexity index is 422. The predicted octanol–water partition coefficient (Wildman–Crippen LogP) is 1.16. The Balaban J connectivity index is 2.77. The minimum absolute atomic E-state index is 0.0419. The first-order valence-corrected chi connectivity index (χ1v) is 6.83. The molecule has 0 amide bonds. The SMILES string of the molecule is CCS(=O)(=O)CC(O)c1ccc(OC)cc1. The van der Waals surface area contributed by atoms with Crippen LogP contribution in [0.3, 0.4) is 0 Å². The molecule has 0 heterocycles. The molecular weight excluding hydrogens is 228 g/mol. The van der Waals surface area contributed by atoms with E-state index in [9.17, 15) is 13.5 Å². The minimum atomic E-state index is -3.16. The number of ether oxygens (including phenoxy) is 1. The van der Waals surface area contributed by atoms with Gasteiger partial charge in [-0.3, -0.25) is 0 Å². The van der Waals surface area contributed by atoms with Crippen molar-refractivity contribution < 1.29 is 18.3 Å². The van der Waals surface area contributed by atoms with Crippen molar-refractivity contribution in [1.29, 1.82) is 0 Å². The lowest BCUT2D eigenvalue weighted by molar-refractivity contribution is 0.201. The van der Waals surface area contributed by atoms with Gasteiger partial charge in [0, 0.05) is 5.75 Å². The van der Waals surface area contributed by atoms with E-state index in [0.717, 1.165) is 0 Å². The van der Waals surface area contributed by atoms with Crippen molar-refractivity contribution in [3.05, 3.63) is 29.8 Å². The zero-order valence-corrected chi connectivity index (χ0v) is 10.2. The molecule has 1 aromatic carbocycles. The highest BCUT2D eigenvalue weighted by Gasteiger charge is 2.16. The van der Waals surface area contributed by atoms with Crippen molar-refractivity contribution in [1.82, 2.24) is 0 Å². The Hall–Kier alpha value is -1.07. The average Bonchev–Trinajstić information content (AvgIpc) is 2.28. The van der Waals surface area contributed by atoms with E-state index < -0.39 is 15.9 Å². The topological polar surface area (TPSA) is 63.6 Å². The van der Waals surface area contributed by atoms with Crippen molar-refractivity contribution in [3.63, 3.8) is 0 Å². The predicted molar refractivity (Wildman–Crippen MR) is 62.3 cm³/mol. The Morgan fingerprint density at radius 2 is 1.88 bits per heavy atom. The summed E-state index contributed by atoms with van der Waals surface area (Å²) in [5.41, 5.74) is 0.581. The third-order valence-electron chi connectivity index (χ3n) is 2.35. The summed E-state index contributed by atoms with van der Waals surface area (Å²) < 4.78 is 27.6. The second-order valence-corrected chi connectivity index (χ2v) is 5.89. The van der Waals surface area contributed by atoms with Crippen molar-refractivity contribution in [2.24, 2.45) is 0 Å². The summed E-state index contributed by atoms with van der Waals surface area (Å²) in [5.74, 6) is 0.477. The van der Waals surface area contributed by atoms with Gasteiger partial charge in [-0.2, -0.15) is 0 Å². The molecule has 0 spiro atoms. The maximum absolute atomic E-state index is 11.3. The molecule has 0 saturated heterocycles. The quantitative estimate of drug-likeness (QED) is 0.844. The summed E-state index contributed by atoms with van der Waals surface area (Å²) in [4.78, 5) is 0. The van der Waals surface area contributed by atoms with Crippen LogP contribution in [0.15, 0.2) is 24.3 Å². The number of aliphatic hydroxyl groups is 1. The molecule has 90 valence electrons. The van der Waals surface area contributed by atoms with Gasteiger partial charge in [0.05, 0.1) is 19.0 Å². The summed E-state index contributed by atoms with van der Waals surface area (Å²) in [6.45, 7) is 1.57. The summed E-state index contributed by atoms with van der Waals surface area (Å²) in [7, 11) is -1.62. The number of aliphatic hydroxyl groups excluding tert-OH is 1. The minimum Gasteiger partial charge on any atom is -0.497 e. The van der Waals surface area contributed by atoms with Crippen molar-refractivity contribution in [2.45, 2.75) is 13.0 Å². The maximum Gasteiger partial charge on any atom is 0.152 e. The van der Waals surface area contributed by atoms with Crippen molar-refractivity contribution in [3.8, 4) is 5.75 Å². The molecule has 1 aromatic rings. The molecule has 16 heavy (non-hydrogen) atoms. The molecule has 0 aliphatic carbocycles. The van der Waals surface area contributed by atoms with Gasteiger partial charge in [0.25, 0.3) is 0 Å². The largest absolute Gasteiger partial charge is 0.497 e. The van der Waals surface area contributed by atoms with Gasteiger partial charge >= 0.3 is 0 Å². The number of hydrogen-bond donors (Lipinski definition) is 1. The van der Waals surface area contributed by atoms with Crippen LogP contribution in [0.5, 0.6) is 5.75 Å². The van der Waals surface area contributed by atoms with Gasteiger partial charge in [0.1, 0.15) is 5.75 Å². The lowest BCUT2D eigenvalue weighted by Gasteiger charge is -2.11. The van der Waals surface area contributed by atoms with E-state index in [1.807, 2.05) is 0 Å². The van der Waals surface area contributed by atoms with E-state index in [-0.39, 0.29) is 11.5 Å². The molecular formula is C11H16O4S. The first-order valence-electron chi connectivity index (χ1n) is 5.01. The molecule has 0 saturated carbocycles. The van der Waals surface area contributed by atoms with Crippen LogP contribution in [-0.2, 0) is 9.84 Å². The number of sulfone groups is 1. The van der Waals surface area contributed by atoms with E-state index >= 15 is 0 Å². The zero-order valence-electron chi connectivity index (χ0n) is 9.38. The van der Waals surface area contributed by atoms with E-state index in [1.54, 1.807) is 38.3 Å². The van der Waals surface area contributed by atoms with Crippen LogP contribution in [0.2, 0.25) is 0 Å². The maximum atomic E-state index is 11.3. The monoisotopic (exact) mass is 244 g/mol. The fourth-order valence-electron chi connectivity index (χ4n) is 1.28. The standard InChI is InChI=1S/C11H16O4S/c1-3-16(13,14)8-11(12)9-4-6-10(15-2)7-5-9/h4-7,11-12H,3,8H2,1-2H3. The molecule has 1 unspecified atom stereocenters. The molecule has 0 aromatic heterocycles.